The first-order valence-electron chi connectivity index (χ1n) is 5.71. The lowest BCUT2D eigenvalue weighted by Gasteiger charge is -2.28. The van der Waals surface area contributed by atoms with Crippen LogP contribution in [0.1, 0.15) is 19.4 Å². The van der Waals surface area contributed by atoms with Crippen LogP contribution >= 0.6 is 0 Å². The lowest BCUT2D eigenvalue weighted by molar-refractivity contribution is 0.337. The van der Waals surface area contributed by atoms with Gasteiger partial charge in [-0.1, -0.05) is 30.3 Å². The van der Waals surface area contributed by atoms with Crippen LogP contribution in [0.3, 0.4) is 0 Å². The molecule has 0 aliphatic rings. The van der Waals surface area contributed by atoms with E-state index >= 15 is 0 Å². The molecule has 0 spiro atoms. The zero-order valence-electron chi connectivity index (χ0n) is 10.9. The average molecular weight is 266 g/mol. The third-order valence-corrected chi connectivity index (χ3v) is 4.98. The first-order chi connectivity index (χ1) is 8.29. The monoisotopic (exact) mass is 266 g/mol. The zero-order chi connectivity index (χ0) is 13.8. The fourth-order valence-electron chi connectivity index (χ4n) is 1.45. The summed E-state index contributed by atoms with van der Waals surface area (Å²) in [6, 6.07) is 11.4. The summed E-state index contributed by atoms with van der Waals surface area (Å²) >= 11 is 0. The Kier molecular flexibility index (Phi) is 4.49. The Balaban J connectivity index is 2.75. The van der Waals surface area contributed by atoms with Gasteiger partial charge in [0.1, 0.15) is 5.54 Å². The van der Waals surface area contributed by atoms with E-state index < -0.39 is 15.6 Å². The van der Waals surface area contributed by atoms with Crippen molar-refractivity contribution in [2.45, 2.75) is 25.8 Å². The zero-order valence-corrected chi connectivity index (χ0v) is 11.7. The van der Waals surface area contributed by atoms with Gasteiger partial charge in [-0.2, -0.15) is 9.57 Å². The van der Waals surface area contributed by atoms with Crippen molar-refractivity contribution in [2.24, 2.45) is 0 Å². The maximum absolute atomic E-state index is 12.1. The number of sulfonamides is 1. The molecule has 5 heteroatoms. The molecule has 1 aromatic rings. The summed E-state index contributed by atoms with van der Waals surface area (Å²) < 4.78 is 25.3. The second kappa shape index (κ2) is 5.51. The fraction of sp³-hybridized carbons (Fsp3) is 0.462. The first-order valence-corrected chi connectivity index (χ1v) is 7.32. The van der Waals surface area contributed by atoms with Gasteiger partial charge in [0.15, 0.2) is 0 Å². The minimum absolute atomic E-state index is 0.0125. The number of benzene rings is 1. The van der Waals surface area contributed by atoms with E-state index in [0.29, 0.717) is 6.42 Å². The van der Waals surface area contributed by atoms with Crippen molar-refractivity contribution in [3.63, 3.8) is 0 Å². The second-order valence-electron chi connectivity index (χ2n) is 4.69. The quantitative estimate of drug-likeness (QED) is 0.816. The highest BCUT2D eigenvalue weighted by Crippen LogP contribution is 2.16. The Labute approximate surface area is 109 Å². The summed E-state index contributed by atoms with van der Waals surface area (Å²) in [5.74, 6) is 0.0125. The molecule has 0 radical (unpaired) electrons. The van der Waals surface area contributed by atoms with Gasteiger partial charge >= 0.3 is 0 Å². The topological polar surface area (TPSA) is 61.2 Å². The molecule has 0 atom stereocenters. The molecule has 0 unspecified atom stereocenters. The molecule has 1 aromatic carbocycles. The van der Waals surface area contributed by atoms with Crippen LogP contribution in [0.25, 0.3) is 0 Å². The van der Waals surface area contributed by atoms with Gasteiger partial charge in [-0.05, 0) is 25.8 Å². The Morgan fingerprint density at radius 1 is 1.28 bits per heavy atom. The minimum atomic E-state index is -3.42. The largest absolute Gasteiger partial charge is 0.215 e. The molecule has 0 amide bonds. The number of nitriles is 1. The molecule has 0 aliphatic heterocycles. The van der Waals surface area contributed by atoms with Crippen molar-refractivity contribution in [3.05, 3.63) is 35.9 Å². The third kappa shape index (κ3) is 3.56. The van der Waals surface area contributed by atoms with Crippen LogP contribution in [0.4, 0.5) is 0 Å². The van der Waals surface area contributed by atoms with E-state index in [1.807, 2.05) is 36.4 Å². The number of hydrogen-bond donors (Lipinski definition) is 0. The first kappa shape index (κ1) is 14.7. The van der Waals surface area contributed by atoms with Gasteiger partial charge in [0, 0.05) is 7.05 Å². The minimum Gasteiger partial charge on any atom is -0.212 e. The van der Waals surface area contributed by atoms with E-state index in [4.69, 9.17) is 5.26 Å². The smallest absolute Gasteiger partial charge is 0.212 e. The number of rotatable bonds is 5. The Hall–Kier alpha value is -1.38. The van der Waals surface area contributed by atoms with Gasteiger partial charge in [-0.15, -0.1) is 0 Å². The van der Waals surface area contributed by atoms with Crippen LogP contribution < -0.4 is 0 Å². The molecule has 1 rings (SSSR count). The fourth-order valence-corrected chi connectivity index (χ4v) is 2.95. The van der Waals surface area contributed by atoms with Crippen LogP contribution in [0.15, 0.2) is 30.3 Å². The summed E-state index contributed by atoms with van der Waals surface area (Å²) in [6.45, 7) is 3.18. The van der Waals surface area contributed by atoms with E-state index in [0.717, 1.165) is 9.87 Å². The molecule has 0 bridgehead atoms. The molecular weight excluding hydrogens is 248 g/mol. The van der Waals surface area contributed by atoms with Gasteiger partial charge in [0.05, 0.1) is 11.8 Å². The SMILES string of the molecule is CN(C(C)(C)C#N)S(=O)(=O)CCc1ccccc1. The summed E-state index contributed by atoms with van der Waals surface area (Å²) in [7, 11) is -1.97. The Morgan fingerprint density at radius 3 is 2.33 bits per heavy atom. The highest BCUT2D eigenvalue weighted by Gasteiger charge is 2.32. The maximum Gasteiger partial charge on any atom is 0.215 e. The molecule has 0 N–H and O–H groups in total. The van der Waals surface area contributed by atoms with Gasteiger partial charge in [0.25, 0.3) is 0 Å². The molecule has 4 nitrogen and oxygen atoms in total. The van der Waals surface area contributed by atoms with Crippen molar-refractivity contribution in [1.29, 1.82) is 5.26 Å². The predicted octanol–water partition coefficient (Wildman–Crippen LogP) is 1.79. The molecular formula is C13H18N2O2S. The standard InChI is InChI=1S/C13H18N2O2S/c1-13(2,11-14)15(3)18(16,17)10-9-12-7-5-4-6-8-12/h4-8H,9-10H2,1-3H3. The summed E-state index contributed by atoms with van der Waals surface area (Å²) in [5.41, 5.74) is -0.0422. The van der Waals surface area contributed by atoms with Crippen molar-refractivity contribution in [2.75, 3.05) is 12.8 Å². The molecule has 0 aromatic heterocycles. The predicted molar refractivity (Wildman–Crippen MR) is 71.4 cm³/mol. The highest BCUT2D eigenvalue weighted by molar-refractivity contribution is 7.89. The van der Waals surface area contributed by atoms with Gasteiger partial charge < -0.3 is 0 Å². The summed E-state index contributed by atoms with van der Waals surface area (Å²) in [6.07, 6.45) is 0.453. The molecule has 0 fully saturated rings. The average Bonchev–Trinajstić information content (AvgIpc) is 2.37. The van der Waals surface area contributed by atoms with E-state index in [-0.39, 0.29) is 5.75 Å². The Morgan fingerprint density at radius 2 is 1.83 bits per heavy atom. The van der Waals surface area contributed by atoms with Crippen LogP contribution in [-0.4, -0.2) is 31.1 Å². The molecule has 0 aliphatic carbocycles. The van der Waals surface area contributed by atoms with Crippen LogP contribution in [0.2, 0.25) is 0 Å². The third-order valence-electron chi connectivity index (χ3n) is 2.97. The molecule has 0 saturated heterocycles. The lowest BCUT2D eigenvalue weighted by Crippen LogP contribution is -2.45. The number of hydrogen-bond acceptors (Lipinski definition) is 3. The van der Waals surface area contributed by atoms with Gasteiger partial charge in [-0.3, -0.25) is 0 Å². The molecule has 0 heterocycles. The summed E-state index contributed by atoms with van der Waals surface area (Å²) in [5, 5.41) is 8.96. The maximum atomic E-state index is 12.1. The van der Waals surface area contributed by atoms with Crippen molar-refractivity contribution >= 4 is 10.0 Å². The van der Waals surface area contributed by atoms with Crippen LogP contribution in [-0.2, 0) is 16.4 Å². The van der Waals surface area contributed by atoms with Crippen LogP contribution in [0, 0.1) is 11.3 Å². The van der Waals surface area contributed by atoms with Gasteiger partial charge in [-0.25, -0.2) is 8.42 Å². The van der Waals surface area contributed by atoms with Crippen molar-refractivity contribution in [3.8, 4) is 6.07 Å². The van der Waals surface area contributed by atoms with E-state index in [2.05, 4.69) is 0 Å². The van der Waals surface area contributed by atoms with E-state index in [9.17, 15) is 8.42 Å². The normalized spacial score (nSPS) is 12.4. The number of aryl methyl sites for hydroxylation is 1. The van der Waals surface area contributed by atoms with Gasteiger partial charge in [0.2, 0.25) is 10.0 Å². The Bertz CT molecular complexity index is 530. The van der Waals surface area contributed by atoms with Crippen LogP contribution in [0.5, 0.6) is 0 Å². The van der Waals surface area contributed by atoms with E-state index in [1.54, 1.807) is 13.8 Å². The molecule has 18 heavy (non-hydrogen) atoms. The summed E-state index contributed by atoms with van der Waals surface area (Å²) in [4.78, 5) is 0. The van der Waals surface area contributed by atoms with Crippen molar-refractivity contribution in [1.82, 2.24) is 4.31 Å². The van der Waals surface area contributed by atoms with E-state index in [1.165, 1.54) is 7.05 Å². The molecule has 98 valence electrons. The molecule has 0 saturated carbocycles. The highest BCUT2D eigenvalue weighted by atomic mass is 32.2. The lowest BCUT2D eigenvalue weighted by atomic mass is 10.1. The van der Waals surface area contributed by atoms with Crippen molar-refractivity contribution < 1.29 is 8.42 Å². The second-order valence-corrected chi connectivity index (χ2v) is 6.81. The number of nitrogens with zero attached hydrogens (tertiary/aromatic N) is 2.